The van der Waals surface area contributed by atoms with E-state index in [-0.39, 0.29) is 0 Å². The number of aryl methyl sites for hydroxylation is 2. The second-order valence-corrected chi connectivity index (χ2v) is 4.51. The van der Waals surface area contributed by atoms with E-state index in [1.807, 2.05) is 6.92 Å². The summed E-state index contributed by atoms with van der Waals surface area (Å²) in [6.45, 7) is 6.00. The molecular formula is C11H16N2S. The number of rotatable bonds is 5. The minimum atomic E-state index is 0.855. The largest absolute Gasteiger partial charge is 0.312 e. The number of nitrogens with zero attached hydrogens (tertiary/aromatic N) is 1. The molecule has 0 saturated heterocycles. The molecule has 2 nitrogen and oxygen atoms in total. The minimum absolute atomic E-state index is 0.855. The Balaban J connectivity index is 2.25. The first-order valence-corrected chi connectivity index (χ1v) is 5.62. The number of nitrogens with one attached hydrogen (secondary N) is 1. The Labute approximate surface area is 89.8 Å². The van der Waals surface area contributed by atoms with Gasteiger partial charge in [0.1, 0.15) is 0 Å². The highest BCUT2D eigenvalue weighted by atomic mass is 32.1. The molecule has 3 heteroatoms. The lowest BCUT2D eigenvalue weighted by Gasteiger charge is -2.01. The highest BCUT2D eigenvalue weighted by Crippen LogP contribution is 2.16. The van der Waals surface area contributed by atoms with E-state index >= 15 is 0 Å². The molecule has 0 atom stereocenters. The van der Waals surface area contributed by atoms with E-state index in [9.17, 15) is 0 Å². The van der Waals surface area contributed by atoms with Gasteiger partial charge in [0, 0.05) is 17.8 Å². The molecule has 0 saturated carbocycles. The van der Waals surface area contributed by atoms with Crippen LogP contribution in [0.1, 0.15) is 28.4 Å². The SMILES string of the molecule is C#CCCCNCc1sc(C)nc1C. The van der Waals surface area contributed by atoms with Crippen LogP contribution in [-0.2, 0) is 6.54 Å². The predicted molar refractivity (Wildman–Crippen MR) is 61.4 cm³/mol. The summed E-state index contributed by atoms with van der Waals surface area (Å²) >= 11 is 1.76. The summed E-state index contributed by atoms with van der Waals surface area (Å²) in [6.07, 6.45) is 7.07. The lowest BCUT2D eigenvalue weighted by molar-refractivity contribution is 0.662. The van der Waals surface area contributed by atoms with Crippen molar-refractivity contribution in [2.75, 3.05) is 6.54 Å². The Morgan fingerprint density at radius 2 is 2.29 bits per heavy atom. The summed E-state index contributed by atoms with van der Waals surface area (Å²) in [7, 11) is 0. The first-order valence-electron chi connectivity index (χ1n) is 4.81. The van der Waals surface area contributed by atoms with E-state index in [0.29, 0.717) is 0 Å². The van der Waals surface area contributed by atoms with E-state index in [0.717, 1.165) is 36.6 Å². The maximum atomic E-state index is 5.16. The molecule has 0 bridgehead atoms. The Morgan fingerprint density at radius 1 is 1.50 bits per heavy atom. The first-order chi connectivity index (χ1) is 6.74. The van der Waals surface area contributed by atoms with Crippen molar-refractivity contribution in [3.63, 3.8) is 0 Å². The van der Waals surface area contributed by atoms with E-state index in [2.05, 4.69) is 23.1 Å². The molecule has 1 rings (SSSR count). The van der Waals surface area contributed by atoms with Gasteiger partial charge in [-0.05, 0) is 26.8 Å². The topological polar surface area (TPSA) is 24.9 Å². The number of aromatic nitrogens is 1. The fraction of sp³-hybridized carbons (Fsp3) is 0.545. The molecule has 76 valence electrons. The van der Waals surface area contributed by atoms with E-state index in [1.165, 1.54) is 4.88 Å². The van der Waals surface area contributed by atoms with Crippen LogP contribution in [0.5, 0.6) is 0 Å². The van der Waals surface area contributed by atoms with Crippen LogP contribution in [0.25, 0.3) is 0 Å². The van der Waals surface area contributed by atoms with Crippen LogP contribution in [0, 0.1) is 26.2 Å². The molecule has 1 aromatic rings. The number of unbranched alkanes of at least 4 members (excludes halogenated alkanes) is 1. The minimum Gasteiger partial charge on any atom is -0.312 e. The van der Waals surface area contributed by atoms with Gasteiger partial charge in [-0.25, -0.2) is 4.98 Å². The Morgan fingerprint density at radius 3 is 2.86 bits per heavy atom. The van der Waals surface area contributed by atoms with Crippen molar-refractivity contribution in [2.45, 2.75) is 33.2 Å². The van der Waals surface area contributed by atoms with Crippen LogP contribution >= 0.6 is 11.3 Å². The summed E-state index contributed by atoms with van der Waals surface area (Å²) < 4.78 is 0. The molecule has 1 aromatic heterocycles. The molecule has 0 aromatic carbocycles. The zero-order valence-electron chi connectivity index (χ0n) is 8.76. The zero-order valence-corrected chi connectivity index (χ0v) is 9.58. The fourth-order valence-electron chi connectivity index (χ4n) is 1.25. The third-order valence-corrected chi connectivity index (χ3v) is 3.03. The Bertz CT molecular complexity index is 323. The standard InChI is InChI=1S/C11H16N2S/c1-4-5-6-7-12-8-11-9(2)13-10(3)14-11/h1,12H,5-8H2,2-3H3. The summed E-state index contributed by atoms with van der Waals surface area (Å²) in [5, 5.41) is 4.51. The molecule has 0 aliphatic carbocycles. The maximum absolute atomic E-state index is 5.16. The Hall–Kier alpha value is -0.850. The van der Waals surface area contributed by atoms with Gasteiger partial charge in [0.2, 0.25) is 0 Å². The number of hydrogen-bond donors (Lipinski definition) is 1. The van der Waals surface area contributed by atoms with Gasteiger partial charge in [0.15, 0.2) is 0 Å². The van der Waals surface area contributed by atoms with Crippen molar-refractivity contribution < 1.29 is 0 Å². The van der Waals surface area contributed by atoms with Crippen LogP contribution in [-0.4, -0.2) is 11.5 Å². The monoisotopic (exact) mass is 208 g/mol. The first kappa shape index (κ1) is 11.2. The average Bonchev–Trinajstić information content (AvgIpc) is 2.45. The average molecular weight is 208 g/mol. The predicted octanol–water partition coefficient (Wildman–Crippen LogP) is 2.26. The van der Waals surface area contributed by atoms with Gasteiger partial charge in [-0.1, -0.05) is 0 Å². The van der Waals surface area contributed by atoms with Crippen LogP contribution in [0.3, 0.4) is 0 Å². The summed E-state index contributed by atoms with van der Waals surface area (Å²) in [4.78, 5) is 5.71. The molecule has 0 aliphatic heterocycles. The Kier molecular flexibility index (Phi) is 4.64. The molecule has 1 N–H and O–H groups in total. The van der Waals surface area contributed by atoms with Crippen LogP contribution in [0.4, 0.5) is 0 Å². The quantitative estimate of drug-likeness (QED) is 0.593. The number of hydrogen-bond acceptors (Lipinski definition) is 3. The van der Waals surface area contributed by atoms with Crippen LogP contribution < -0.4 is 5.32 Å². The van der Waals surface area contributed by atoms with Crippen molar-refractivity contribution in [2.24, 2.45) is 0 Å². The van der Waals surface area contributed by atoms with Gasteiger partial charge in [-0.2, -0.15) is 0 Å². The highest BCUT2D eigenvalue weighted by Gasteiger charge is 2.02. The lowest BCUT2D eigenvalue weighted by atomic mass is 10.3. The normalized spacial score (nSPS) is 10.1. The molecule has 0 amide bonds. The molecule has 14 heavy (non-hydrogen) atoms. The molecule has 0 unspecified atom stereocenters. The maximum Gasteiger partial charge on any atom is 0.0900 e. The lowest BCUT2D eigenvalue weighted by Crippen LogP contribution is -2.14. The van der Waals surface area contributed by atoms with E-state index < -0.39 is 0 Å². The number of terminal acetylenes is 1. The van der Waals surface area contributed by atoms with Gasteiger partial charge >= 0.3 is 0 Å². The van der Waals surface area contributed by atoms with Gasteiger partial charge in [-0.15, -0.1) is 23.7 Å². The van der Waals surface area contributed by atoms with Crippen molar-refractivity contribution >= 4 is 11.3 Å². The summed E-state index contributed by atoms with van der Waals surface area (Å²) in [6, 6.07) is 0. The molecule has 1 heterocycles. The number of thiazole rings is 1. The van der Waals surface area contributed by atoms with Crippen molar-refractivity contribution in [1.82, 2.24) is 10.3 Å². The van der Waals surface area contributed by atoms with E-state index in [4.69, 9.17) is 6.42 Å². The van der Waals surface area contributed by atoms with E-state index in [1.54, 1.807) is 11.3 Å². The van der Waals surface area contributed by atoms with Crippen molar-refractivity contribution in [1.29, 1.82) is 0 Å². The third-order valence-electron chi connectivity index (χ3n) is 1.96. The smallest absolute Gasteiger partial charge is 0.0900 e. The van der Waals surface area contributed by atoms with Gasteiger partial charge in [-0.3, -0.25) is 0 Å². The highest BCUT2D eigenvalue weighted by molar-refractivity contribution is 7.11. The third kappa shape index (κ3) is 3.49. The summed E-state index contributed by atoms with van der Waals surface area (Å²) in [5.41, 5.74) is 1.15. The van der Waals surface area contributed by atoms with Crippen LogP contribution in [0.15, 0.2) is 0 Å². The van der Waals surface area contributed by atoms with Gasteiger partial charge < -0.3 is 5.32 Å². The molecule has 0 aliphatic rings. The second kappa shape index (κ2) is 5.79. The zero-order chi connectivity index (χ0) is 10.4. The van der Waals surface area contributed by atoms with Crippen molar-refractivity contribution in [3.8, 4) is 12.3 Å². The summed E-state index contributed by atoms with van der Waals surface area (Å²) in [5.74, 6) is 2.63. The van der Waals surface area contributed by atoms with Crippen molar-refractivity contribution in [3.05, 3.63) is 15.6 Å². The molecule has 0 radical (unpaired) electrons. The van der Waals surface area contributed by atoms with Gasteiger partial charge in [0.25, 0.3) is 0 Å². The fourth-order valence-corrected chi connectivity index (χ4v) is 2.16. The second-order valence-electron chi connectivity index (χ2n) is 3.23. The van der Waals surface area contributed by atoms with Gasteiger partial charge in [0.05, 0.1) is 10.7 Å². The molecular weight excluding hydrogens is 192 g/mol. The molecule has 0 spiro atoms. The van der Waals surface area contributed by atoms with Crippen LogP contribution in [0.2, 0.25) is 0 Å². The molecule has 0 fully saturated rings.